The molecule has 1 amide bonds. The van der Waals surface area contributed by atoms with Gasteiger partial charge in [-0.3, -0.25) is 9.64 Å². The van der Waals surface area contributed by atoms with Gasteiger partial charge in [-0.05, 0) is 0 Å². The summed E-state index contributed by atoms with van der Waals surface area (Å²) in [4.78, 5) is 15.8. The number of amides is 1. The molecule has 0 spiro atoms. The van der Waals surface area contributed by atoms with Crippen molar-refractivity contribution in [1.29, 1.82) is 0 Å². The largest absolute Gasteiger partial charge is 0.362 e. The normalized spacial score (nSPS) is 21.2. The van der Waals surface area contributed by atoms with Crippen molar-refractivity contribution < 1.29 is 4.79 Å². The first kappa shape index (κ1) is 8.97. The second-order valence-corrected chi connectivity index (χ2v) is 2.69. The molecule has 0 radical (unpaired) electrons. The molecule has 5 heteroatoms. The number of hydrogen-bond acceptors (Lipinski definition) is 3. The van der Waals surface area contributed by atoms with E-state index in [1.165, 1.54) is 0 Å². The second-order valence-electron chi connectivity index (χ2n) is 2.69. The maximum atomic E-state index is 10.8. The predicted octanol–water partition coefficient (Wildman–Crippen LogP) is -1.38. The molecule has 0 aliphatic carbocycles. The maximum Gasteiger partial charge on any atom is 0.357 e. The monoisotopic (exact) mass is 168 g/mol. The molecule has 0 bridgehead atoms. The van der Waals surface area contributed by atoms with Crippen LogP contribution in [0, 0.1) is 6.57 Å². The van der Waals surface area contributed by atoms with Gasteiger partial charge in [-0.25, -0.2) is 11.5 Å². The molecule has 66 valence electrons. The molecule has 1 heterocycles. The minimum Gasteiger partial charge on any atom is -0.362 e. The smallest absolute Gasteiger partial charge is 0.357 e. The number of carbonyl (C=O) groups is 1. The quantitative estimate of drug-likeness (QED) is 0.500. The summed E-state index contributed by atoms with van der Waals surface area (Å²) < 4.78 is 0. The molecule has 5 nitrogen and oxygen atoms in total. The molecule has 0 aromatic rings. The van der Waals surface area contributed by atoms with E-state index in [4.69, 9.17) is 12.3 Å². The number of piperazine rings is 1. The standard InChI is InChI=1S/C7H12N4O/c1-9-7(6(8)12)11-4-2-10-3-5-11/h7,10H,2-5H2,(H2,8,12). The van der Waals surface area contributed by atoms with E-state index < -0.39 is 12.1 Å². The Morgan fingerprint density at radius 1 is 1.58 bits per heavy atom. The van der Waals surface area contributed by atoms with Crippen molar-refractivity contribution in [3.05, 3.63) is 11.4 Å². The van der Waals surface area contributed by atoms with E-state index in [1.54, 1.807) is 4.90 Å². The van der Waals surface area contributed by atoms with Crippen LogP contribution in [-0.4, -0.2) is 43.2 Å². The zero-order chi connectivity index (χ0) is 8.97. The van der Waals surface area contributed by atoms with Gasteiger partial charge in [-0.15, -0.1) is 0 Å². The highest BCUT2D eigenvalue weighted by molar-refractivity contribution is 5.81. The highest BCUT2D eigenvalue weighted by Gasteiger charge is 2.29. The molecule has 0 aromatic heterocycles. The number of nitrogens with one attached hydrogen (secondary N) is 1. The van der Waals surface area contributed by atoms with Crippen molar-refractivity contribution in [3.63, 3.8) is 0 Å². The molecular weight excluding hydrogens is 156 g/mol. The van der Waals surface area contributed by atoms with Crippen molar-refractivity contribution >= 4 is 5.91 Å². The minimum absolute atomic E-state index is 0.549. The minimum atomic E-state index is -0.771. The summed E-state index contributed by atoms with van der Waals surface area (Å²) >= 11 is 0. The fourth-order valence-corrected chi connectivity index (χ4v) is 1.25. The molecule has 1 aliphatic rings. The zero-order valence-corrected chi connectivity index (χ0v) is 6.79. The van der Waals surface area contributed by atoms with Gasteiger partial charge in [-0.2, -0.15) is 0 Å². The molecule has 3 N–H and O–H groups in total. The summed E-state index contributed by atoms with van der Waals surface area (Å²) in [5.74, 6) is -0.549. The topological polar surface area (TPSA) is 62.7 Å². The summed E-state index contributed by atoms with van der Waals surface area (Å²) in [6.45, 7) is 9.86. The highest BCUT2D eigenvalue weighted by Crippen LogP contribution is 2.01. The molecule has 12 heavy (non-hydrogen) atoms. The van der Waals surface area contributed by atoms with Crippen LogP contribution in [0.25, 0.3) is 4.85 Å². The van der Waals surface area contributed by atoms with E-state index in [0.29, 0.717) is 0 Å². The van der Waals surface area contributed by atoms with Crippen LogP contribution in [-0.2, 0) is 4.79 Å². The average molecular weight is 168 g/mol. The lowest BCUT2D eigenvalue weighted by molar-refractivity contribution is -0.121. The predicted molar refractivity (Wildman–Crippen MR) is 44.0 cm³/mol. The van der Waals surface area contributed by atoms with Gasteiger partial charge in [0.05, 0.1) is 0 Å². The molecule has 1 rings (SSSR count). The maximum absolute atomic E-state index is 10.8. The molecule has 1 atom stereocenters. The van der Waals surface area contributed by atoms with Crippen LogP contribution < -0.4 is 11.1 Å². The van der Waals surface area contributed by atoms with Crippen LogP contribution in [0.2, 0.25) is 0 Å². The SMILES string of the molecule is [C-]#[N+]C(C(N)=O)N1CCNCC1. The lowest BCUT2D eigenvalue weighted by atomic mass is 10.3. The Morgan fingerprint density at radius 3 is 2.58 bits per heavy atom. The van der Waals surface area contributed by atoms with Gasteiger partial charge >= 0.3 is 12.1 Å². The molecule has 1 fully saturated rings. The first-order chi connectivity index (χ1) is 5.75. The Labute approximate surface area is 71.3 Å². The van der Waals surface area contributed by atoms with Gasteiger partial charge in [-0.1, -0.05) is 0 Å². The number of primary amides is 1. The Hall–Kier alpha value is -1.12. The third-order valence-corrected chi connectivity index (χ3v) is 1.87. The van der Waals surface area contributed by atoms with Crippen molar-refractivity contribution in [2.24, 2.45) is 5.73 Å². The zero-order valence-electron chi connectivity index (χ0n) is 6.79. The van der Waals surface area contributed by atoms with Gasteiger partial charge in [0, 0.05) is 26.2 Å². The van der Waals surface area contributed by atoms with E-state index in [9.17, 15) is 4.79 Å². The van der Waals surface area contributed by atoms with Crippen LogP contribution in [0.4, 0.5) is 0 Å². The number of hydrogen-bond donors (Lipinski definition) is 2. The van der Waals surface area contributed by atoms with Crippen molar-refractivity contribution in [2.75, 3.05) is 26.2 Å². The summed E-state index contributed by atoms with van der Waals surface area (Å²) in [5, 5.41) is 3.14. The molecule has 1 unspecified atom stereocenters. The van der Waals surface area contributed by atoms with Gasteiger partial charge in [0.25, 0.3) is 0 Å². The van der Waals surface area contributed by atoms with Crippen molar-refractivity contribution in [3.8, 4) is 0 Å². The fourth-order valence-electron chi connectivity index (χ4n) is 1.25. The number of carbonyl (C=O) groups excluding carboxylic acids is 1. The van der Waals surface area contributed by atoms with E-state index in [-0.39, 0.29) is 0 Å². The third-order valence-electron chi connectivity index (χ3n) is 1.87. The first-order valence-corrected chi connectivity index (χ1v) is 3.86. The summed E-state index contributed by atoms with van der Waals surface area (Å²) in [5.41, 5.74) is 5.06. The van der Waals surface area contributed by atoms with Gasteiger partial charge in [0.2, 0.25) is 0 Å². The first-order valence-electron chi connectivity index (χ1n) is 3.86. The Kier molecular flexibility index (Phi) is 3.02. The van der Waals surface area contributed by atoms with E-state index in [0.717, 1.165) is 26.2 Å². The lowest BCUT2D eigenvalue weighted by Crippen LogP contribution is -2.51. The lowest BCUT2D eigenvalue weighted by Gasteiger charge is -2.25. The highest BCUT2D eigenvalue weighted by atomic mass is 16.1. The van der Waals surface area contributed by atoms with E-state index in [2.05, 4.69) is 10.2 Å². The molecule has 1 saturated heterocycles. The van der Waals surface area contributed by atoms with Gasteiger partial charge < -0.3 is 11.1 Å². The van der Waals surface area contributed by atoms with Crippen LogP contribution in [0.5, 0.6) is 0 Å². The molecule has 0 saturated carbocycles. The summed E-state index contributed by atoms with van der Waals surface area (Å²) in [6, 6.07) is 0. The second kappa shape index (κ2) is 4.04. The Balaban J connectivity index is 2.53. The van der Waals surface area contributed by atoms with E-state index >= 15 is 0 Å². The van der Waals surface area contributed by atoms with Crippen molar-refractivity contribution in [2.45, 2.75) is 6.17 Å². The summed E-state index contributed by atoms with van der Waals surface area (Å²) in [6.07, 6.45) is -0.771. The fraction of sp³-hybridized carbons (Fsp3) is 0.714. The number of nitrogens with zero attached hydrogens (tertiary/aromatic N) is 2. The molecule has 1 aliphatic heterocycles. The van der Waals surface area contributed by atoms with E-state index in [1.807, 2.05) is 0 Å². The number of nitrogens with two attached hydrogens (primary N) is 1. The van der Waals surface area contributed by atoms with Crippen LogP contribution in [0.3, 0.4) is 0 Å². The van der Waals surface area contributed by atoms with Crippen molar-refractivity contribution in [1.82, 2.24) is 10.2 Å². The van der Waals surface area contributed by atoms with Gasteiger partial charge in [0.15, 0.2) is 0 Å². The average Bonchev–Trinajstić information content (AvgIpc) is 2.07. The van der Waals surface area contributed by atoms with Gasteiger partial charge in [0.1, 0.15) is 0 Å². The van der Waals surface area contributed by atoms with Crippen LogP contribution in [0.15, 0.2) is 0 Å². The van der Waals surface area contributed by atoms with Crippen LogP contribution >= 0.6 is 0 Å². The number of rotatable bonds is 2. The summed E-state index contributed by atoms with van der Waals surface area (Å²) in [7, 11) is 0. The van der Waals surface area contributed by atoms with Crippen LogP contribution in [0.1, 0.15) is 0 Å². The Bertz CT molecular complexity index is 204. The third kappa shape index (κ3) is 1.94. The Morgan fingerprint density at radius 2 is 2.17 bits per heavy atom. The molecular formula is C7H12N4O. The molecule has 0 aromatic carbocycles.